The number of hydrogen-bond acceptors (Lipinski definition) is 2. The van der Waals surface area contributed by atoms with E-state index in [0.29, 0.717) is 22.6 Å². The van der Waals surface area contributed by atoms with Crippen molar-refractivity contribution < 1.29 is 27.6 Å². The molecule has 90 valence electrons. The number of carbonyl (C=O) groups is 1. The fourth-order valence-electron chi connectivity index (χ4n) is 1.74. The zero-order chi connectivity index (χ0) is 12.6. The maximum atomic E-state index is 12.0. The summed E-state index contributed by atoms with van der Waals surface area (Å²) < 4.78 is 39.9. The van der Waals surface area contributed by atoms with E-state index in [-0.39, 0.29) is 5.75 Å². The molecule has 0 amide bonds. The van der Waals surface area contributed by atoms with Gasteiger partial charge in [-0.3, -0.25) is 9.69 Å². The quantitative estimate of drug-likeness (QED) is 0.794. The molecule has 0 saturated carbocycles. The number of allylic oxidation sites excluding steroid dienone is 1. The highest BCUT2D eigenvalue weighted by atomic mass is 19.4. The summed E-state index contributed by atoms with van der Waals surface area (Å²) in [5.74, 6) is -0.281. The minimum absolute atomic E-state index is 0.281. The molecule has 1 unspecified atom stereocenters. The van der Waals surface area contributed by atoms with Crippen LogP contribution < -0.4 is 9.64 Å². The Labute approximate surface area is 95.1 Å². The molecular weight excluding hydrogens is 235 g/mol. The number of alkyl halides is 3. The number of benzene rings is 1. The molecule has 1 atom stereocenters. The van der Waals surface area contributed by atoms with Gasteiger partial charge in [-0.2, -0.15) is 0 Å². The van der Waals surface area contributed by atoms with Crippen LogP contribution in [0.2, 0.25) is 0 Å². The van der Waals surface area contributed by atoms with Crippen molar-refractivity contribution in [2.45, 2.75) is 6.36 Å². The molecule has 1 aromatic rings. The lowest BCUT2D eigenvalue weighted by atomic mass is 10.2. The van der Waals surface area contributed by atoms with Gasteiger partial charge >= 0.3 is 6.36 Å². The van der Waals surface area contributed by atoms with E-state index in [9.17, 15) is 18.0 Å². The Balaban J connectivity index is 2.31. The lowest BCUT2D eigenvalue weighted by Crippen LogP contribution is -3.01. The van der Waals surface area contributed by atoms with Crippen LogP contribution >= 0.6 is 0 Å². The number of fused-ring (bicyclic) bond motifs is 1. The molecule has 6 heteroatoms. The molecule has 1 aromatic carbocycles. The van der Waals surface area contributed by atoms with Gasteiger partial charge in [0.2, 0.25) is 6.29 Å². The molecule has 1 aliphatic rings. The smallest absolute Gasteiger partial charge is 0.406 e. The van der Waals surface area contributed by atoms with Crippen molar-refractivity contribution in [3.05, 3.63) is 29.5 Å². The second-order valence-corrected chi connectivity index (χ2v) is 3.64. The van der Waals surface area contributed by atoms with Gasteiger partial charge in [-0.25, -0.2) is 0 Å². The molecule has 0 radical (unpaired) electrons. The van der Waals surface area contributed by atoms with E-state index >= 15 is 0 Å². The Morgan fingerprint density at radius 1 is 1.35 bits per heavy atom. The van der Waals surface area contributed by atoms with E-state index in [1.807, 2.05) is 0 Å². The third-order valence-corrected chi connectivity index (χ3v) is 2.53. The van der Waals surface area contributed by atoms with Gasteiger partial charge in [-0.05, 0) is 12.1 Å². The van der Waals surface area contributed by atoms with Gasteiger partial charge in [0.25, 0.3) is 0 Å². The fourth-order valence-corrected chi connectivity index (χ4v) is 1.74. The number of likely N-dealkylation sites (N-methyl/N-ethyl adjacent to an activating group) is 1. The van der Waals surface area contributed by atoms with Crippen LogP contribution in [-0.4, -0.2) is 19.7 Å². The summed E-state index contributed by atoms with van der Waals surface area (Å²) in [7, 11) is 1.68. The Morgan fingerprint density at radius 2 is 2.06 bits per heavy atom. The van der Waals surface area contributed by atoms with E-state index < -0.39 is 6.36 Å². The molecule has 0 bridgehead atoms. The summed E-state index contributed by atoms with van der Waals surface area (Å²) in [6, 6.07) is 4.01. The first-order chi connectivity index (χ1) is 7.90. The SMILES string of the molecule is C[NH+]1C(C=O)=Cc2ccc(OC(F)(F)F)cc21. The number of carbonyl (C=O) groups excluding carboxylic acids is 1. The molecule has 2 rings (SSSR count). The van der Waals surface area contributed by atoms with Crippen LogP contribution in [0.25, 0.3) is 6.08 Å². The maximum Gasteiger partial charge on any atom is 0.573 e. The monoisotopic (exact) mass is 244 g/mol. The third kappa shape index (κ3) is 2.31. The first kappa shape index (κ1) is 11.7. The largest absolute Gasteiger partial charge is 0.573 e. The number of ether oxygens (including phenoxy) is 1. The molecule has 0 aromatic heterocycles. The van der Waals surface area contributed by atoms with Crippen LogP contribution in [0.3, 0.4) is 0 Å². The summed E-state index contributed by atoms with van der Waals surface area (Å²) in [6.45, 7) is 0. The van der Waals surface area contributed by atoms with Crippen LogP contribution in [0, 0.1) is 0 Å². The zero-order valence-electron chi connectivity index (χ0n) is 8.84. The average Bonchev–Trinajstić information content (AvgIpc) is 2.53. The van der Waals surface area contributed by atoms with Gasteiger partial charge in [-0.1, -0.05) is 0 Å². The van der Waals surface area contributed by atoms with Crippen LogP contribution in [0.5, 0.6) is 5.75 Å². The van der Waals surface area contributed by atoms with Gasteiger partial charge < -0.3 is 4.74 Å². The van der Waals surface area contributed by atoms with Gasteiger partial charge in [0, 0.05) is 17.7 Å². The molecule has 0 saturated heterocycles. The molecule has 1 N–H and O–H groups in total. The number of rotatable bonds is 2. The minimum atomic E-state index is -4.71. The van der Waals surface area contributed by atoms with E-state index in [4.69, 9.17) is 0 Å². The topological polar surface area (TPSA) is 30.7 Å². The molecule has 0 aliphatic carbocycles. The fraction of sp³-hybridized carbons (Fsp3) is 0.182. The highest BCUT2D eigenvalue weighted by Crippen LogP contribution is 2.28. The summed E-state index contributed by atoms with van der Waals surface area (Å²) in [4.78, 5) is 11.4. The molecule has 3 nitrogen and oxygen atoms in total. The molecule has 1 aliphatic heterocycles. The highest BCUT2D eigenvalue weighted by Gasteiger charge is 2.32. The number of hydrogen-bond donors (Lipinski definition) is 1. The first-order valence-corrected chi connectivity index (χ1v) is 4.81. The van der Waals surface area contributed by atoms with E-state index in [0.717, 1.165) is 5.56 Å². The Morgan fingerprint density at radius 3 is 2.65 bits per heavy atom. The summed E-state index contributed by atoms with van der Waals surface area (Å²) in [6.07, 6.45) is -2.39. The third-order valence-electron chi connectivity index (χ3n) is 2.53. The Bertz CT molecular complexity index is 494. The van der Waals surface area contributed by atoms with Gasteiger partial charge in [-0.15, -0.1) is 13.2 Å². The summed E-state index contributed by atoms with van der Waals surface area (Å²) in [5.41, 5.74) is 1.79. The minimum Gasteiger partial charge on any atom is -0.406 e. The summed E-state index contributed by atoms with van der Waals surface area (Å²) >= 11 is 0. The van der Waals surface area contributed by atoms with Crippen molar-refractivity contribution in [1.29, 1.82) is 0 Å². The van der Waals surface area contributed by atoms with Gasteiger partial charge in [0.05, 0.1) is 7.05 Å². The van der Waals surface area contributed by atoms with Crippen molar-refractivity contribution in [3.8, 4) is 5.75 Å². The summed E-state index contributed by atoms with van der Waals surface area (Å²) in [5, 5.41) is 0. The van der Waals surface area contributed by atoms with Crippen molar-refractivity contribution >= 4 is 18.0 Å². The van der Waals surface area contributed by atoms with Gasteiger partial charge in [0.1, 0.15) is 11.4 Å². The van der Waals surface area contributed by atoms with Crippen LogP contribution in [-0.2, 0) is 4.79 Å². The van der Waals surface area contributed by atoms with Crippen molar-refractivity contribution in [2.24, 2.45) is 0 Å². The molecular formula is C11H9F3NO2+. The number of nitrogens with one attached hydrogen (secondary N) is 1. The van der Waals surface area contributed by atoms with Crippen LogP contribution in [0.15, 0.2) is 23.9 Å². The number of halogens is 3. The van der Waals surface area contributed by atoms with E-state index in [2.05, 4.69) is 4.74 Å². The van der Waals surface area contributed by atoms with Crippen molar-refractivity contribution in [3.63, 3.8) is 0 Å². The number of quaternary nitrogens is 1. The Kier molecular flexibility index (Phi) is 2.66. The predicted octanol–water partition coefficient (Wildman–Crippen LogP) is 1.28. The first-order valence-electron chi connectivity index (χ1n) is 4.81. The van der Waals surface area contributed by atoms with Gasteiger partial charge in [0.15, 0.2) is 5.70 Å². The predicted molar refractivity (Wildman–Crippen MR) is 53.7 cm³/mol. The Hall–Kier alpha value is -1.82. The van der Waals surface area contributed by atoms with Crippen LogP contribution in [0.4, 0.5) is 18.9 Å². The molecule has 17 heavy (non-hydrogen) atoms. The van der Waals surface area contributed by atoms with Crippen molar-refractivity contribution in [2.75, 3.05) is 7.05 Å². The highest BCUT2D eigenvalue weighted by molar-refractivity contribution is 5.84. The van der Waals surface area contributed by atoms with E-state index in [1.54, 1.807) is 13.1 Å². The van der Waals surface area contributed by atoms with Crippen molar-refractivity contribution in [1.82, 2.24) is 0 Å². The molecule has 1 heterocycles. The molecule has 0 fully saturated rings. The average molecular weight is 244 g/mol. The lowest BCUT2D eigenvalue weighted by Gasteiger charge is -2.11. The second-order valence-electron chi connectivity index (χ2n) is 3.64. The number of aldehydes is 1. The second kappa shape index (κ2) is 3.89. The van der Waals surface area contributed by atoms with Crippen LogP contribution in [0.1, 0.15) is 5.56 Å². The standard InChI is InChI=1S/C11H8F3NO2/c1-15-8(6-16)4-7-2-3-9(5-10(7)15)17-11(12,13)14/h2-6H,1H3/p+1. The maximum absolute atomic E-state index is 12.0. The molecule has 0 spiro atoms. The van der Waals surface area contributed by atoms with E-state index in [1.165, 1.54) is 18.2 Å². The normalized spacial score (nSPS) is 18.6. The zero-order valence-corrected chi connectivity index (χ0v) is 8.84. The lowest BCUT2D eigenvalue weighted by molar-refractivity contribution is -0.756.